The number of nitro groups is 1. The highest BCUT2D eigenvalue weighted by Gasteiger charge is 2.42. The average molecular weight is 315 g/mol. The van der Waals surface area contributed by atoms with Gasteiger partial charge in [0, 0.05) is 18.7 Å². The number of likely N-dealkylation sites (N-methyl/N-ethyl adjacent to an activating group) is 1. The molecule has 1 unspecified atom stereocenters. The minimum absolute atomic E-state index is 0.107. The van der Waals surface area contributed by atoms with Gasteiger partial charge in [-0.2, -0.15) is 0 Å². The molecular formula is C11H13N3O6S. The number of carbonyl (C=O) groups excluding carboxylic acids is 1. The SMILES string of the molecule is CNCC(O)CN1C(=O)c2ccc([N+](=O)[O-])cc2S1(=O)=O. The molecule has 1 aromatic carbocycles. The molecule has 1 aromatic rings. The van der Waals surface area contributed by atoms with Gasteiger partial charge in [0.05, 0.1) is 23.1 Å². The Labute approximate surface area is 120 Å². The van der Waals surface area contributed by atoms with Crippen molar-refractivity contribution in [1.82, 2.24) is 9.62 Å². The second-order valence-electron chi connectivity index (χ2n) is 4.49. The van der Waals surface area contributed by atoms with E-state index in [-0.39, 0.29) is 12.1 Å². The molecule has 0 spiro atoms. The van der Waals surface area contributed by atoms with Crippen LogP contribution in [0.25, 0.3) is 0 Å². The Morgan fingerprint density at radius 1 is 1.48 bits per heavy atom. The maximum atomic E-state index is 12.3. The lowest BCUT2D eigenvalue weighted by Crippen LogP contribution is -2.40. The molecule has 1 atom stereocenters. The molecule has 1 amide bonds. The topological polar surface area (TPSA) is 130 Å². The number of nitrogens with zero attached hydrogens (tertiary/aromatic N) is 2. The van der Waals surface area contributed by atoms with Gasteiger partial charge in [0.2, 0.25) is 0 Å². The lowest BCUT2D eigenvalue weighted by Gasteiger charge is -2.18. The van der Waals surface area contributed by atoms with Crippen LogP contribution in [-0.4, -0.2) is 54.9 Å². The van der Waals surface area contributed by atoms with E-state index in [2.05, 4.69) is 5.32 Å². The Balaban J connectivity index is 2.42. The number of nitrogens with one attached hydrogen (secondary N) is 1. The van der Waals surface area contributed by atoms with E-state index in [0.717, 1.165) is 18.2 Å². The molecule has 1 aliphatic rings. The Kier molecular flexibility index (Phi) is 3.94. The first-order valence-corrected chi connectivity index (χ1v) is 7.41. The maximum absolute atomic E-state index is 12.3. The fourth-order valence-corrected chi connectivity index (χ4v) is 3.67. The Bertz CT molecular complexity index is 702. The number of non-ortho nitro benzene ring substituents is 1. The van der Waals surface area contributed by atoms with Gasteiger partial charge in [0.15, 0.2) is 0 Å². The number of aliphatic hydroxyl groups excluding tert-OH is 1. The number of nitro benzene ring substituents is 1. The van der Waals surface area contributed by atoms with Crippen LogP contribution in [0, 0.1) is 10.1 Å². The van der Waals surface area contributed by atoms with Crippen molar-refractivity contribution in [3.05, 3.63) is 33.9 Å². The normalized spacial score (nSPS) is 17.6. The van der Waals surface area contributed by atoms with E-state index in [4.69, 9.17) is 0 Å². The number of rotatable bonds is 5. The second-order valence-corrected chi connectivity index (χ2v) is 6.32. The van der Waals surface area contributed by atoms with Crippen LogP contribution >= 0.6 is 0 Å². The van der Waals surface area contributed by atoms with Crippen molar-refractivity contribution >= 4 is 21.6 Å². The van der Waals surface area contributed by atoms with Crippen molar-refractivity contribution < 1.29 is 23.2 Å². The molecule has 0 bridgehead atoms. The number of hydrogen-bond donors (Lipinski definition) is 2. The van der Waals surface area contributed by atoms with Crippen LogP contribution in [0.2, 0.25) is 0 Å². The molecular weight excluding hydrogens is 302 g/mol. The molecule has 1 heterocycles. The van der Waals surface area contributed by atoms with Crippen LogP contribution in [-0.2, 0) is 10.0 Å². The zero-order valence-corrected chi connectivity index (χ0v) is 11.8. The van der Waals surface area contributed by atoms with Crippen LogP contribution in [0.4, 0.5) is 5.69 Å². The molecule has 0 fully saturated rings. The van der Waals surface area contributed by atoms with Gasteiger partial charge in [-0.25, -0.2) is 12.7 Å². The summed E-state index contributed by atoms with van der Waals surface area (Å²) in [7, 11) is -2.60. The fourth-order valence-electron chi connectivity index (χ4n) is 2.05. The minimum atomic E-state index is -4.17. The standard InChI is InChI=1S/C11H13N3O6S/c1-12-5-8(15)6-13-11(16)9-3-2-7(14(17)18)4-10(9)21(13,19)20/h2-4,8,12,15H,5-6H2,1H3. The molecule has 0 saturated heterocycles. The van der Waals surface area contributed by atoms with E-state index in [0.29, 0.717) is 4.31 Å². The van der Waals surface area contributed by atoms with Crippen molar-refractivity contribution in [2.45, 2.75) is 11.0 Å². The number of amides is 1. The van der Waals surface area contributed by atoms with Gasteiger partial charge in [0.25, 0.3) is 21.6 Å². The summed E-state index contributed by atoms with van der Waals surface area (Å²) in [5, 5.41) is 23.0. The monoisotopic (exact) mass is 315 g/mol. The van der Waals surface area contributed by atoms with Crippen LogP contribution in [0.3, 0.4) is 0 Å². The minimum Gasteiger partial charge on any atom is -0.390 e. The highest BCUT2D eigenvalue weighted by atomic mass is 32.2. The van der Waals surface area contributed by atoms with Crippen molar-refractivity contribution in [2.75, 3.05) is 20.1 Å². The number of carbonyl (C=O) groups is 1. The van der Waals surface area contributed by atoms with Crippen molar-refractivity contribution in [2.24, 2.45) is 0 Å². The summed E-state index contributed by atoms with van der Waals surface area (Å²) < 4.78 is 25.1. The summed E-state index contributed by atoms with van der Waals surface area (Å²) in [5.74, 6) is -0.796. The van der Waals surface area contributed by atoms with E-state index < -0.39 is 44.1 Å². The molecule has 2 N–H and O–H groups in total. The van der Waals surface area contributed by atoms with Crippen LogP contribution in [0.15, 0.2) is 23.1 Å². The molecule has 0 saturated carbocycles. The zero-order chi connectivity index (χ0) is 15.8. The highest BCUT2D eigenvalue weighted by Crippen LogP contribution is 2.32. The lowest BCUT2D eigenvalue weighted by atomic mass is 10.2. The zero-order valence-electron chi connectivity index (χ0n) is 11.0. The first-order chi connectivity index (χ1) is 9.78. The quantitative estimate of drug-likeness (QED) is 0.544. The number of sulfonamides is 1. The highest BCUT2D eigenvalue weighted by molar-refractivity contribution is 7.90. The van der Waals surface area contributed by atoms with E-state index in [1.165, 1.54) is 0 Å². The number of fused-ring (bicyclic) bond motifs is 1. The van der Waals surface area contributed by atoms with Gasteiger partial charge in [-0.05, 0) is 13.1 Å². The first-order valence-electron chi connectivity index (χ1n) is 5.97. The number of hydrogen-bond acceptors (Lipinski definition) is 7. The van der Waals surface area contributed by atoms with Crippen molar-refractivity contribution in [1.29, 1.82) is 0 Å². The molecule has 0 aliphatic carbocycles. The van der Waals surface area contributed by atoms with Crippen LogP contribution in [0.5, 0.6) is 0 Å². The smallest absolute Gasteiger partial charge is 0.270 e. The lowest BCUT2D eigenvalue weighted by molar-refractivity contribution is -0.385. The van der Waals surface area contributed by atoms with Gasteiger partial charge in [-0.3, -0.25) is 14.9 Å². The number of β-amino-alcohol motifs (C(OH)–C–C–N with tert-alkyl or cyclic N) is 1. The fraction of sp³-hybridized carbons (Fsp3) is 0.364. The van der Waals surface area contributed by atoms with Gasteiger partial charge in [-0.1, -0.05) is 0 Å². The van der Waals surface area contributed by atoms with Crippen molar-refractivity contribution in [3.63, 3.8) is 0 Å². The molecule has 10 heteroatoms. The summed E-state index contributed by atoms with van der Waals surface area (Å²) in [4.78, 5) is 21.6. The predicted octanol–water partition coefficient (Wildman–Crippen LogP) is -0.680. The predicted molar refractivity (Wildman–Crippen MR) is 71.3 cm³/mol. The first kappa shape index (κ1) is 15.4. The van der Waals surface area contributed by atoms with Gasteiger partial charge in [-0.15, -0.1) is 0 Å². The third-order valence-electron chi connectivity index (χ3n) is 3.02. The maximum Gasteiger partial charge on any atom is 0.270 e. The molecule has 114 valence electrons. The Hall–Kier alpha value is -2.04. The molecule has 9 nitrogen and oxygen atoms in total. The summed E-state index contributed by atoms with van der Waals surface area (Å²) in [6.45, 7) is -0.305. The average Bonchev–Trinajstić information content (AvgIpc) is 2.60. The summed E-state index contributed by atoms with van der Waals surface area (Å²) in [6.07, 6.45) is -1.07. The molecule has 0 radical (unpaired) electrons. The third-order valence-corrected chi connectivity index (χ3v) is 4.81. The third kappa shape index (κ3) is 2.60. The largest absolute Gasteiger partial charge is 0.390 e. The van der Waals surface area contributed by atoms with Crippen molar-refractivity contribution in [3.8, 4) is 0 Å². The van der Waals surface area contributed by atoms with Crippen LogP contribution < -0.4 is 5.32 Å². The Morgan fingerprint density at radius 3 is 2.71 bits per heavy atom. The molecule has 21 heavy (non-hydrogen) atoms. The summed E-state index contributed by atoms with van der Waals surface area (Å²) in [6, 6.07) is 3.03. The molecule has 2 rings (SSSR count). The van der Waals surface area contributed by atoms with Gasteiger partial charge in [0.1, 0.15) is 4.90 Å². The van der Waals surface area contributed by atoms with E-state index in [9.17, 15) is 28.4 Å². The van der Waals surface area contributed by atoms with E-state index in [1.807, 2.05) is 0 Å². The van der Waals surface area contributed by atoms with E-state index in [1.54, 1.807) is 7.05 Å². The Morgan fingerprint density at radius 2 is 2.14 bits per heavy atom. The van der Waals surface area contributed by atoms with E-state index >= 15 is 0 Å². The summed E-state index contributed by atoms with van der Waals surface area (Å²) in [5.41, 5.74) is -0.542. The van der Waals surface area contributed by atoms with Crippen LogP contribution in [0.1, 0.15) is 10.4 Å². The molecule has 1 aliphatic heterocycles. The second kappa shape index (κ2) is 5.39. The number of benzene rings is 1. The number of aliphatic hydroxyl groups is 1. The van der Waals surface area contributed by atoms with Gasteiger partial charge >= 0.3 is 0 Å². The van der Waals surface area contributed by atoms with Gasteiger partial charge < -0.3 is 10.4 Å². The summed E-state index contributed by atoms with van der Waals surface area (Å²) >= 11 is 0. The molecule has 0 aromatic heterocycles.